The highest BCUT2D eigenvalue weighted by Gasteiger charge is 2.18. The van der Waals surface area contributed by atoms with Crippen LogP contribution in [0.4, 0.5) is 4.79 Å². The molecule has 0 bridgehead atoms. The SMILES string of the molecule is CCCC(CCC(=O)O)NC(=O)NC1CCCCC1. The number of amides is 2. The van der Waals surface area contributed by atoms with Gasteiger partial charge in [0.15, 0.2) is 0 Å². The molecule has 1 aliphatic rings. The third-order valence-electron chi connectivity index (χ3n) is 3.62. The lowest BCUT2D eigenvalue weighted by atomic mass is 9.96. The zero-order valence-corrected chi connectivity index (χ0v) is 11.8. The summed E-state index contributed by atoms with van der Waals surface area (Å²) in [5.41, 5.74) is 0. The van der Waals surface area contributed by atoms with Crippen LogP contribution in [-0.2, 0) is 4.79 Å². The van der Waals surface area contributed by atoms with Gasteiger partial charge < -0.3 is 15.7 Å². The van der Waals surface area contributed by atoms with Gasteiger partial charge in [0, 0.05) is 18.5 Å². The molecule has 0 saturated heterocycles. The Morgan fingerprint density at radius 3 is 2.47 bits per heavy atom. The maximum absolute atomic E-state index is 11.9. The largest absolute Gasteiger partial charge is 0.481 e. The molecule has 0 aliphatic heterocycles. The average molecular weight is 270 g/mol. The summed E-state index contributed by atoms with van der Waals surface area (Å²) in [5, 5.41) is 14.6. The summed E-state index contributed by atoms with van der Waals surface area (Å²) in [6.45, 7) is 2.04. The first-order valence-electron chi connectivity index (χ1n) is 7.40. The van der Waals surface area contributed by atoms with E-state index in [1.807, 2.05) is 6.92 Å². The molecule has 19 heavy (non-hydrogen) atoms. The molecule has 110 valence electrons. The Hall–Kier alpha value is -1.26. The lowest BCUT2D eigenvalue weighted by Gasteiger charge is -2.25. The Bertz CT molecular complexity index is 288. The van der Waals surface area contributed by atoms with E-state index in [2.05, 4.69) is 10.6 Å². The summed E-state index contributed by atoms with van der Waals surface area (Å²) < 4.78 is 0. The van der Waals surface area contributed by atoms with Gasteiger partial charge in [0.05, 0.1) is 0 Å². The van der Waals surface area contributed by atoms with E-state index < -0.39 is 5.97 Å². The van der Waals surface area contributed by atoms with Crippen molar-refractivity contribution in [1.29, 1.82) is 0 Å². The highest BCUT2D eigenvalue weighted by molar-refractivity contribution is 5.74. The second-order valence-electron chi connectivity index (χ2n) is 5.37. The highest BCUT2D eigenvalue weighted by Crippen LogP contribution is 2.17. The summed E-state index contributed by atoms with van der Waals surface area (Å²) in [6, 6.07) is 0.107. The van der Waals surface area contributed by atoms with E-state index in [1.165, 1.54) is 19.3 Å². The Balaban J connectivity index is 2.30. The molecule has 0 aromatic heterocycles. The Morgan fingerprint density at radius 2 is 1.89 bits per heavy atom. The summed E-state index contributed by atoms with van der Waals surface area (Å²) in [4.78, 5) is 22.5. The molecule has 1 aliphatic carbocycles. The third-order valence-corrected chi connectivity index (χ3v) is 3.62. The third kappa shape index (κ3) is 7.03. The van der Waals surface area contributed by atoms with Gasteiger partial charge in [-0.2, -0.15) is 0 Å². The molecule has 1 saturated carbocycles. The van der Waals surface area contributed by atoms with Crippen molar-refractivity contribution in [2.45, 2.75) is 76.8 Å². The minimum Gasteiger partial charge on any atom is -0.481 e. The van der Waals surface area contributed by atoms with Crippen molar-refractivity contribution in [3.8, 4) is 0 Å². The first kappa shape index (κ1) is 15.8. The average Bonchev–Trinajstić information content (AvgIpc) is 2.37. The van der Waals surface area contributed by atoms with E-state index in [1.54, 1.807) is 0 Å². The quantitative estimate of drug-likeness (QED) is 0.665. The maximum atomic E-state index is 11.9. The molecule has 1 fully saturated rings. The molecule has 2 amide bonds. The molecule has 1 unspecified atom stereocenters. The number of rotatable bonds is 7. The van der Waals surface area contributed by atoms with Gasteiger partial charge in [-0.05, 0) is 25.7 Å². The lowest BCUT2D eigenvalue weighted by molar-refractivity contribution is -0.137. The van der Waals surface area contributed by atoms with E-state index in [-0.39, 0.29) is 24.5 Å². The second-order valence-corrected chi connectivity index (χ2v) is 5.37. The van der Waals surface area contributed by atoms with Gasteiger partial charge in [0.2, 0.25) is 0 Å². The van der Waals surface area contributed by atoms with Crippen LogP contribution in [0.25, 0.3) is 0 Å². The monoisotopic (exact) mass is 270 g/mol. The minimum atomic E-state index is -0.810. The van der Waals surface area contributed by atoms with E-state index in [9.17, 15) is 9.59 Å². The van der Waals surface area contributed by atoms with Gasteiger partial charge in [0.25, 0.3) is 0 Å². The van der Waals surface area contributed by atoms with Crippen molar-refractivity contribution in [1.82, 2.24) is 10.6 Å². The number of nitrogens with one attached hydrogen (secondary N) is 2. The van der Waals surface area contributed by atoms with Crippen LogP contribution in [0.1, 0.15) is 64.7 Å². The number of carbonyl (C=O) groups excluding carboxylic acids is 1. The van der Waals surface area contributed by atoms with Crippen molar-refractivity contribution in [2.24, 2.45) is 0 Å². The predicted molar refractivity (Wildman–Crippen MR) is 74.1 cm³/mol. The number of hydrogen-bond donors (Lipinski definition) is 3. The molecule has 0 aromatic rings. The number of carboxylic acids is 1. The molecular formula is C14H26N2O3. The van der Waals surface area contributed by atoms with Crippen molar-refractivity contribution in [2.75, 3.05) is 0 Å². The van der Waals surface area contributed by atoms with E-state index in [4.69, 9.17) is 5.11 Å². The highest BCUT2D eigenvalue weighted by atomic mass is 16.4. The van der Waals surface area contributed by atoms with Crippen LogP contribution in [0.3, 0.4) is 0 Å². The van der Waals surface area contributed by atoms with Crippen LogP contribution in [0.15, 0.2) is 0 Å². The fourth-order valence-electron chi connectivity index (χ4n) is 2.59. The Labute approximate surface area is 115 Å². The fourth-order valence-corrected chi connectivity index (χ4v) is 2.59. The van der Waals surface area contributed by atoms with Crippen molar-refractivity contribution < 1.29 is 14.7 Å². The second kappa shape index (κ2) is 8.77. The standard InChI is InChI=1S/C14H26N2O3/c1-2-6-11(9-10-13(17)18)15-14(19)16-12-7-4-3-5-8-12/h11-12H,2-10H2,1H3,(H,17,18)(H2,15,16,19). The van der Waals surface area contributed by atoms with Crippen LogP contribution in [0.5, 0.6) is 0 Å². The summed E-state index contributed by atoms with van der Waals surface area (Å²) >= 11 is 0. The van der Waals surface area contributed by atoms with E-state index >= 15 is 0 Å². The molecule has 0 heterocycles. The zero-order valence-electron chi connectivity index (χ0n) is 11.8. The van der Waals surface area contributed by atoms with Crippen LogP contribution >= 0.6 is 0 Å². The molecule has 3 N–H and O–H groups in total. The normalized spacial score (nSPS) is 17.7. The van der Waals surface area contributed by atoms with Crippen LogP contribution in [0.2, 0.25) is 0 Å². The zero-order chi connectivity index (χ0) is 14.1. The molecule has 0 spiro atoms. The van der Waals surface area contributed by atoms with Crippen LogP contribution in [-0.4, -0.2) is 29.2 Å². The number of hydrogen-bond acceptors (Lipinski definition) is 2. The van der Waals surface area contributed by atoms with Crippen molar-refractivity contribution in [3.05, 3.63) is 0 Å². The molecule has 0 aromatic carbocycles. The molecule has 0 radical (unpaired) electrons. The van der Waals surface area contributed by atoms with Crippen LogP contribution in [0, 0.1) is 0 Å². The predicted octanol–water partition coefficient (Wildman–Crippen LogP) is 2.65. The number of aliphatic carboxylic acids is 1. The summed E-state index contributed by atoms with van der Waals surface area (Å²) in [7, 11) is 0. The first-order chi connectivity index (χ1) is 9.11. The van der Waals surface area contributed by atoms with Gasteiger partial charge in [-0.3, -0.25) is 4.79 Å². The lowest BCUT2D eigenvalue weighted by Crippen LogP contribution is -2.46. The Morgan fingerprint density at radius 1 is 1.21 bits per heavy atom. The van der Waals surface area contributed by atoms with E-state index in [0.29, 0.717) is 6.42 Å². The molecule has 1 atom stereocenters. The molecular weight excluding hydrogens is 244 g/mol. The first-order valence-corrected chi connectivity index (χ1v) is 7.40. The topological polar surface area (TPSA) is 78.4 Å². The summed E-state index contributed by atoms with van der Waals surface area (Å²) in [5.74, 6) is -0.810. The number of urea groups is 1. The fraction of sp³-hybridized carbons (Fsp3) is 0.857. The minimum absolute atomic E-state index is 0.0373. The number of carbonyl (C=O) groups is 2. The number of carboxylic acid groups (broad SMARTS) is 1. The Kier molecular flexibility index (Phi) is 7.30. The van der Waals surface area contributed by atoms with Crippen molar-refractivity contribution in [3.63, 3.8) is 0 Å². The van der Waals surface area contributed by atoms with Gasteiger partial charge >= 0.3 is 12.0 Å². The van der Waals surface area contributed by atoms with Gasteiger partial charge in [0.1, 0.15) is 0 Å². The smallest absolute Gasteiger partial charge is 0.315 e. The van der Waals surface area contributed by atoms with E-state index in [0.717, 1.165) is 25.7 Å². The molecule has 5 nitrogen and oxygen atoms in total. The summed E-state index contributed by atoms with van der Waals surface area (Å²) in [6.07, 6.45) is 8.11. The maximum Gasteiger partial charge on any atom is 0.315 e. The van der Waals surface area contributed by atoms with Gasteiger partial charge in [-0.25, -0.2) is 4.79 Å². The molecule has 5 heteroatoms. The van der Waals surface area contributed by atoms with Crippen molar-refractivity contribution >= 4 is 12.0 Å². The van der Waals surface area contributed by atoms with Crippen LogP contribution < -0.4 is 10.6 Å². The van der Waals surface area contributed by atoms with Gasteiger partial charge in [-0.15, -0.1) is 0 Å². The van der Waals surface area contributed by atoms with Gasteiger partial charge in [-0.1, -0.05) is 32.6 Å². The molecule has 1 rings (SSSR count).